The van der Waals surface area contributed by atoms with Crippen molar-refractivity contribution in [3.05, 3.63) is 70.8 Å². The molecule has 0 fully saturated rings. The van der Waals surface area contributed by atoms with Gasteiger partial charge in [0.1, 0.15) is 5.75 Å². The lowest BCUT2D eigenvalue weighted by Gasteiger charge is -2.22. The van der Waals surface area contributed by atoms with Crippen LogP contribution in [-0.2, 0) is 11.2 Å². The number of benzene rings is 2. The van der Waals surface area contributed by atoms with Crippen molar-refractivity contribution >= 4 is 23.1 Å². The van der Waals surface area contributed by atoms with Gasteiger partial charge < -0.3 is 15.2 Å². The zero-order chi connectivity index (χ0) is 29.3. The highest BCUT2D eigenvalue weighted by Crippen LogP contribution is 2.26. The number of aliphatic hydroxyl groups excluding tert-OH is 1. The van der Waals surface area contributed by atoms with Gasteiger partial charge in [-0.1, -0.05) is 44.2 Å². The lowest BCUT2D eigenvalue weighted by Crippen LogP contribution is -2.37. The van der Waals surface area contributed by atoms with Crippen LogP contribution in [0.1, 0.15) is 75.0 Å². The summed E-state index contributed by atoms with van der Waals surface area (Å²) in [5.74, 6) is -3.15. The molecule has 212 valence electrons. The first kappa shape index (κ1) is 31.8. The summed E-state index contributed by atoms with van der Waals surface area (Å²) >= 11 is 0. The van der Waals surface area contributed by atoms with Crippen LogP contribution in [0.5, 0.6) is 5.75 Å². The Labute approximate surface area is 230 Å². The SMILES string of the molecule is C/C=C(\N=C(C)C(=O)C(C)C)c1ccc(C[C@@H](CCO)NC(=O)c2ccc(OC(C)C(C)(F)F)c(C)c2)cc1. The fourth-order valence-electron chi connectivity index (χ4n) is 3.91. The van der Waals surface area contributed by atoms with Crippen LogP contribution >= 0.6 is 0 Å². The summed E-state index contributed by atoms with van der Waals surface area (Å²) in [6, 6.07) is 12.0. The number of carbonyl (C=O) groups excluding carboxylic acids is 2. The number of allylic oxidation sites excluding steroid dienone is 1. The van der Waals surface area contributed by atoms with Gasteiger partial charge in [0.25, 0.3) is 11.8 Å². The van der Waals surface area contributed by atoms with E-state index in [9.17, 15) is 23.5 Å². The molecule has 0 heterocycles. The Kier molecular flexibility index (Phi) is 11.5. The lowest BCUT2D eigenvalue weighted by atomic mass is 10.0. The molecule has 2 atom stereocenters. The van der Waals surface area contributed by atoms with E-state index in [2.05, 4.69) is 10.3 Å². The molecular formula is C31H40F2N2O4. The molecule has 2 N–H and O–H groups in total. The molecule has 8 heteroatoms. The van der Waals surface area contributed by atoms with Gasteiger partial charge in [-0.15, -0.1) is 0 Å². The fraction of sp³-hybridized carbons (Fsp3) is 0.452. The van der Waals surface area contributed by atoms with Crippen LogP contribution in [0.4, 0.5) is 8.78 Å². The van der Waals surface area contributed by atoms with E-state index in [1.807, 2.05) is 51.1 Å². The molecule has 1 unspecified atom stereocenters. The summed E-state index contributed by atoms with van der Waals surface area (Å²) in [6.45, 7) is 11.0. The molecule has 0 aromatic heterocycles. The first-order valence-electron chi connectivity index (χ1n) is 13.2. The third-order valence-corrected chi connectivity index (χ3v) is 6.44. The molecular weight excluding hydrogens is 502 g/mol. The molecule has 0 aliphatic rings. The number of nitrogens with zero attached hydrogens (tertiary/aromatic N) is 1. The highest BCUT2D eigenvalue weighted by Gasteiger charge is 2.32. The molecule has 0 radical (unpaired) electrons. The van der Waals surface area contributed by atoms with Crippen LogP contribution in [0.3, 0.4) is 0 Å². The molecule has 1 amide bonds. The van der Waals surface area contributed by atoms with Gasteiger partial charge in [0, 0.05) is 31.1 Å². The average molecular weight is 543 g/mol. The third-order valence-electron chi connectivity index (χ3n) is 6.44. The topological polar surface area (TPSA) is 88.0 Å². The number of hydrogen-bond acceptors (Lipinski definition) is 5. The lowest BCUT2D eigenvalue weighted by molar-refractivity contribution is -0.115. The minimum absolute atomic E-state index is 0.00276. The van der Waals surface area contributed by atoms with Gasteiger partial charge in [0.05, 0.1) is 11.4 Å². The van der Waals surface area contributed by atoms with E-state index in [1.54, 1.807) is 19.9 Å². The maximum atomic E-state index is 13.5. The zero-order valence-corrected chi connectivity index (χ0v) is 23.8. The quantitative estimate of drug-likeness (QED) is 0.296. The summed E-state index contributed by atoms with van der Waals surface area (Å²) in [6.07, 6.45) is 1.40. The average Bonchev–Trinajstić information content (AvgIpc) is 2.87. The number of nitrogens with one attached hydrogen (secondary N) is 1. The first-order valence-corrected chi connectivity index (χ1v) is 13.2. The third kappa shape index (κ3) is 9.39. The summed E-state index contributed by atoms with van der Waals surface area (Å²) in [5.41, 5.74) is 3.93. The largest absolute Gasteiger partial charge is 0.484 e. The van der Waals surface area contributed by atoms with Crippen LogP contribution in [-0.4, -0.2) is 47.2 Å². The van der Waals surface area contributed by atoms with Gasteiger partial charge in [-0.25, -0.2) is 13.8 Å². The number of halogens is 2. The van der Waals surface area contributed by atoms with Gasteiger partial charge in [-0.2, -0.15) is 0 Å². The number of amides is 1. The highest BCUT2D eigenvalue weighted by molar-refractivity contribution is 6.40. The van der Waals surface area contributed by atoms with Crippen LogP contribution in [0.15, 0.2) is 53.5 Å². The molecule has 0 saturated heterocycles. The number of hydrogen-bond donors (Lipinski definition) is 2. The number of alkyl halides is 2. The molecule has 0 spiro atoms. The predicted octanol–water partition coefficient (Wildman–Crippen LogP) is 6.19. The zero-order valence-electron chi connectivity index (χ0n) is 23.8. The highest BCUT2D eigenvalue weighted by atomic mass is 19.3. The Morgan fingerprint density at radius 3 is 2.23 bits per heavy atom. The first-order chi connectivity index (χ1) is 18.3. The minimum atomic E-state index is -2.99. The van der Waals surface area contributed by atoms with Gasteiger partial charge >= 0.3 is 0 Å². The second-order valence-electron chi connectivity index (χ2n) is 10.2. The molecule has 2 aromatic rings. The number of aliphatic hydroxyl groups is 1. The van der Waals surface area contributed by atoms with E-state index >= 15 is 0 Å². The Bertz CT molecular complexity index is 1200. The van der Waals surface area contributed by atoms with E-state index in [0.29, 0.717) is 41.1 Å². The predicted molar refractivity (Wildman–Crippen MR) is 152 cm³/mol. The van der Waals surface area contributed by atoms with Crippen molar-refractivity contribution in [1.82, 2.24) is 5.32 Å². The number of rotatable bonds is 13. The van der Waals surface area contributed by atoms with Gasteiger partial charge in [-0.3, -0.25) is 9.59 Å². The van der Waals surface area contributed by atoms with E-state index < -0.39 is 12.0 Å². The number of ketones is 1. The number of ether oxygens (including phenoxy) is 1. The number of aryl methyl sites for hydroxylation is 1. The molecule has 6 nitrogen and oxygen atoms in total. The maximum absolute atomic E-state index is 13.5. The van der Waals surface area contributed by atoms with Crippen molar-refractivity contribution < 1.29 is 28.2 Å². The minimum Gasteiger partial charge on any atom is -0.484 e. The summed E-state index contributed by atoms with van der Waals surface area (Å²) in [4.78, 5) is 29.7. The van der Waals surface area contributed by atoms with Crippen LogP contribution < -0.4 is 10.1 Å². The normalized spacial score (nSPS) is 14.2. The number of carbonyl (C=O) groups is 2. The van der Waals surface area contributed by atoms with E-state index in [1.165, 1.54) is 19.1 Å². The van der Waals surface area contributed by atoms with Crippen molar-refractivity contribution in [3.8, 4) is 5.75 Å². The smallest absolute Gasteiger partial charge is 0.281 e. The van der Waals surface area contributed by atoms with Crippen LogP contribution in [0.25, 0.3) is 5.70 Å². The van der Waals surface area contributed by atoms with Crippen LogP contribution in [0, 0.1) is 12.8 Å². The molecule has 39 heavy (non-hydrogen) atoms. The Morgan fingerprint density at radius 2 is 1.72 bits per heavy atom. The molecule has 0 saturated carbocycles. The monoisotopic (exact) mass is 542 g/mol. The Balaban J connectivity index is 2.12. The molecule has 2 rings (SSSR count). The van der Waals surface area contributed by atoms with Crippen molar-refractivity contribution in [2.24, 2.45) is 10.9 Å². The van der Waals surface area contributed by atoms with Gasteiger partial charge in [0.2, 0.25) is 0 Å². The maximum Gasteiger partial charge on any atom is 0.281 e. The van der Waals surface area contributed by atoms with Crippen molar-refractivity contribution in [2.75, 3.05) is 6.61 Å². The molecule has 0 aliphatic heterocycles. The second-order valence-corrected chi connectivity index (χ2v) is 10.2. The second kappa shape index (κ2) is 14.1. The number of aliphatic imine (C=N–C) groups is 1. The summed E-state index contributed by atoms with van der Waals surface area (Å²) < 4.78 is 32.4. The van der Waals surface area contributed by atoms with Crippen molar-refractivity contribution in [1.29, 1.82) is 0 Å². The summed E-state index contributed by atoms with van der Waals surface area (Å²) in [5, 5.41) is 12.5. The standard InChI is InChI=1S/C31H40F2N2O4/c1-8-27(34-21(5)29(37)19(2)3)24-11-9-23(10-12-24)18-26(15-16-36)35-30(38)25-13-14-28(20(4)17-25)39-22(6)31(7,32)33/h8-14,17,19,22,26,36H,15-16,18H2,1-7H3,(H,35,38)/b27-8-,34-21?/t22?,26-/m1/s1. The van der Waals surface area contributed by atoms with Gasteiger partial charge in [0.15, 0.2) is 11.9 Å². The van der Waals surface area contributed by atoms with E-state index in [-0.39, 0.29) is 30.3 Å². The Morgan fingerprint density at radius 1 is 1.10 bits per heavy atom. The molecule has 0 aliphatic carbocycles. The fourth-order valence-corrected chi connectivity index (χ4v) is 3.91. The summed E-state index contributed by atoms with van der Waals surface area (Å²) in [7, 11) is 0. The van der Waals surface area contributed by atoms with Crippen molar-refractivity contribution in [2.45, 2.75) is 79.4 Å². The van der Waals surface area contributed by atoms with E-state index in [0.717, 1.165) is 18.1 Å². The van der Waals surface area contributed by atoms with E-state index in [4.69, 9.17) is 4.74 Å². The van der Waals surface area contributed by atoms with Crippen molar-refractivity contribution in [3.63, 3.8) is 0 Å². The Hall–Kier alpha value is -3.39. The van der Waals surface area contributed by atoms with Gasteiger partial charge in [-0.05, 0) is 75.4 Å². The molecule has 2 aromatic carbocycles. The van der Waals surface area contributed by atoms with Crippen LogP contribution in [0.2, 0.25) is 0 Å². The number of Topliss-reactive ketones (excluding diaryl/α,β-unsaturated/α-hetero) is 1. The molecule has 0 bridgehead atoms.